The molecule has 3 aliphatic heterocycles. The van der Waals surface area contributed by atoms with E-state index in [9.17, 15) is 76.7 Å². The van der Waals surface area contributed by atoms with E-state index in [0.29, 0.717) is 5.56 Å². The van der Waals surface area contributed by atoms with Crippen LogP contribution >= 0.6 is 0 Å². The highest BCUT2D eigenvalue weighted by Crippen LogP contribution is 2.36. The maximum absolute atomic E-state index is 13.9. The SMILES string of the molecule is CC(=O)OC1C(OC(C)=O)[C@H](C)OC(OCCCC(=O)NCCNC(=O)COc2cc(OCC(=O)NCCNC(=O)CCCOC3O[C@@H](C)C(OC(C)=O)C(OC(C)=O)[C@@H]3OC(C)=O)cc(-c3cc(OCC(=O)NCCNC(=O)CCCOC4O[C@@H](C)C(OC(C)=O)C(OC(C)=O)[C@@H]4OC(C)=O)cc(C(=O)OCc4ccccc4)c3)c2)[C@H]1OC(C)=O. The van der Waals surface area contributed by atoms with Gasteiger partial charge in [-0.05, 0) is 87.1 Å². The fourth-order valence-corrected chi connectivity index (χ4v) is 12.4. The summed E-state index contributed by atoms with van der Waals surface area (Å²) in [5.74, 6) is -10.7. The minimum Gasteiger partial charge on any atom is -0.484 e. The molecule has 41 heteroatoms. The van der Waals surface area contributed by atoms with Crippen LogP contribution in [0, 0.1) is 0 Å². The van der Waals surface area contributed by atoms with Crippen molar-refractivity contribution in [1.29, 1.82) is 0 Å². The van der Waals surface area contributed by atoms with Gasteiger partial charge in [-0.15, -0.1) is 0 Å². The number of esters is 10. The molecular weight excluding hydrogens is 1600 g/mol. The predicted molar refractivity (Wildman–Crippen MR) is 411 cm³/mol. The van der Waals surface area contributed by atoms with Crippen LogP contribution in [0.15, 0.2) is 66.7 Å². The molecule has 0 bridgehead atoms. The molecule has 3 aliphatic rings. The van der Waals surface area contributed by atoms with E-state index in [1.165, 1.54) is 36.4 Å². The van der Waals surface area contributed by atoms with Gasteiger partial charge in [0.15, 0.2) is 93.6 Å². The van der Waals surface area contributed by atoms with Gasteiger partial charge in [-0.2, -0.15) is 0 Å². The van der Waals surface area contributed by atoms with Crippen molar-refractivity contribution in [2.45, 2.75) is 220 Å². The Hall–Kier alpha value is -11.7. The summed E-state index contributed by atoms with van der Waals surface area (Å²) >= 11 is 0. The van der Waals surface area contributed by atoms with E-state index in [0.717, 1.165) is 62.3 Å². The first-order valence-corrected chi connectivity index (χ1v) is 38.9. The van der Waals surface area contributed by atoms with E-state index >= 15 is 0 Å². The highest BCUT2D eigenvalue weighted by atomic mass is 16.8. The van der Waals surface area contributed by atoms with Gasteiger partial charge in [0.05, 0.1) is 43.7 Å². The second-order valence-electron chi connectivity index (χ2n) is 27.7. The van der Waals surface area contributed by atoms with Crippen molar-refractivity contribution in [1.82, 2.24) is 31.9 Å². The number of carbonyl (C=O) groups is 16. The van der Waals surface area contributed by atoms with Crippen molar-refractivity contribution < 1.29 is 167 Å². The Morgan fingerprint density at radius 3 is 0.876 bits per heavy atom. The van der Waals surface area contributed by atoms with Gasteiger partial charge in [-0.25, -0.2) is 4.79 Å². The summed E-state index contributed by atoms with van der Waals surface area (Å²) in [4.78, 5) is 201. The zero-order chi connectivity index (χ0) is 88.8. The highest BCUT2D eigenvalue weighted by molar-refractivity contribution is 5.92. The van der Waals surface area contributed by atoms with Gasteiger partial charge in [0.2, 0.25) is 17.7 Å². The fourth-order valence-electron chi connectivity index (χ4n) is 12.4. The minimum atomic E-state index is -1.34. The lowest BCUT2D eigenvalue weighted by Gasteiger charge is -2.43. The molecule has 666 valence electrons. The molecular formula is C80H106N6O35. The van der Waals surface area contributed by atoms with E-state index in [1.807, 2.05) is 0 Å². The molecule has 0 spiro atoms. The average molecular weight is 1710 g/mol. The second-order valence-corrected chi connectivity index (χ2v) is 27.7. The lowest BCUT2D eigenvalue weighted by Crippen LogP contribution is -2.61. The van der Waals surface area contributed by atoms with Gasteiger partial charge in [-0.1, -0.05) is 30.3 Å². The largest absolute Gasteiger partial charge is 0.484 e. The topological polar surface area (TPSA) is 521 Å². The molecule has 15 atom stereocenters. The fraction of sp³-hybridized carbons (Fsp3) is 0.575. The van der Waals surface area contributed by atoms with Crippen LogP contribution in [0.5, 0.6) is 17.2 Å². The molecule has 3 heterocycles. The molecule has 6 rings (SSSR count). The first-order valence-electron chi connectivity index (χ1n) is 38.9. The third kappa shape index (κ3) is 35.3. The number of hydrogen-bond donors (Lipinski definition) is 6. The Bertz CT molecular complexity index is 3910. The summed E-state index contributed by atoms with van der Waals surface area (Å²) in [6, 6.07) is 17.4. The molecule has 9 unspecified atom stereocenters. The van der Waals surface area contributed by atoms with Gasteiger partial charge in [0, 0.05) is 127 Å². The molecule has 0 aromatic heterocycles. The summed E-state index contributed by atoms with van der Waals surface area (Å²) in [6.45, 7) is 12.2. The molecule has 121 heavy (non-hydrogen) atoms. The highest BCUT2D eigenvalue weighted by Gasteiger charge is 2.54. The van der Waals surface area contributed by atoms with Crippen molar-refractivity contribution in [3.05, 3.63) is 77.9 Å². The van der Waals surface area contributed by atoms with Crippen LogP contribution in [0.25, 0.3) is 11.1 Å². The third-order valence-electron chi connectivity index (χ3n) is 17.4. The molecule has 3 saturated heterocycles. The molecule has 0 saturated carbocycles. The number of ether oxygens (including phenoxy) is 19. The maximum atomic E-state index is 13.9. The molecule has 3 fully saturated rings. The van der Waals surface area contributed by atoms with Gasteiger partial charge >= 0.3 is 59.7 Å². The first kappa shape index (κ1) is 98.2. The lowest BCUT2D eigenvalue weighted by atomic mass is 9.99. The normalized spacial score (nSPS) is 22.1. The Kier molecular flexibility index (Phi) is 40.9. The number of carbonyl (C=O) groups excluding carboxylic acids is 16. The Labute approximate surface area is 696 Å². The summed E-state index contributed by atoms with van der Waals surface area (Å²) < 4.78 is 107. The summed E-state index contributed by atoms with van der Waals surface area (Å²) in [7, 11) is 0. The average Bonchev–Trinajstić information content (AvgIpc) is 0.805. The van der Waals surface area contributed by atoms with Crippen LogP contribution in [-0.4, -0.2) is 266 Å². The number of rotatable bonds is 46. The smallest absolute Gasteiger partial charge is 0.338 e. The van der Waals surface area contributed by atoms with Crippen molar-refractivity contribution in [2.75, 3.05) is 78.9 Å². The molecule has 41 nitrogen and oxygen atoms in total. The standard InChI is InChI=1S/C80H106N6O35/c1-43-68(113-46(4)87)71(116-49(7)90)74(119-52(10)93)78(110-43)103-30-16-21-62(96)81-24-27-84-65(99)40-106-59-34-56(33-58(37-59)77(102)109-39-55-19-14-13-15-20-55)57-35-60(107-41-66(100)85-28-25-82-63(97)22-17-31-104-79-75(120-53(11)94)72(117-50(8)91)69(44(2)111-79)114-47(5)88)38-61(36-57)108-42-67(101)86-29-26-83-64(98)23-18-32-105-80-76(121-54(12)95)73(118-51(9)92)70(45(3)112-80)115-48(6)89/h13-15,19-20,33-38,43-45,68-76,78-80H,16-18,21-32,39-42H2,1-12H3,(H,81,96)(H,82,97)(H,83,98)(H,84,99)(H,85,100)(H,86,101)/t43-,44-,45-,68?,69?,70?,71?,72?,73?,74-,75-,76-,78?,79?,80?/m0/s1. The van der Waals surface area contributed by atoms with Crippen molar-refractivity contribution in [2.24, 2.45) is 0 Å². The summed E-state index contributed by atoms with van der Waals surface area (Å²) in [5.41, 5.74) is 1.11. The van der Waals surface area contributed by atoms with E-state index in [-0.39, 0.29) is 138 Å². The predicted octanol–water partition coefficient (Wildman–Crippen LogP) is 1.55. The molecule has 3 aromatic carbocycles. The van der Waals surface area contributed by atoms with Crippen LogP contribution in [-0.2, 0) is 154 Å². The van der Waals surface area contributed by atoms with Crippen molar-refractivity contribution >= 4 is 95.1 Å². The van der Waals surface area contributed by atoms with E-state index in [2.05, 4.69) is 31.9 Å². The number of amides is 6. The Morgan fingerprint density at radius 2 is 0.579 bits per heavy atom. The van der Waals surface area contributed by atoms with Crippen LogP contribution in [0.3, 0.4) is 0 Å². The third-order valence-corrected chi connectivity index (χ3v) is 17.4. The van der Waals surface area contributed by atoms with Crippen LogP contribution in [0.2, 0.25) is 0 Å². The van der Waals surface area contributed by atoms with Gasteiger partial charge in [0.25, 0.3) is 17.7 Å². The number of hydrogen-bond acceptors (Lipinski definition) is 35. The summed E-state index contributed by atoms with van der Waals surface area (Å²) in [6.07, 6.45) is -17.6. The maximum Gasteiger partial charge on any atom is 0.338 e. The minimum absolute atomic E-state index is 0.000781. The molecule has 6 amide bonds. The Balaban J connectivity index is 1.08. The molecule has 3 aromatic rings. The molecule has 0 radical (unpaired) electrons. The van der Waals surface area contributed by atoms with Crippen LogP contribution in [0.1, 0.15) is 138 Å². The van der Waals surface area contributed by atoms with E-state index in [4.69, 9.17) is 90.0 Å². The second kappa shape index (κ2) is 50.4. The zero-order valence-corrected chi connectivity index (χ0v) is 69.2. The van der Waals surface area contributed by atoms with E-state index in [1.54, 1.807) is 51.1 Å². The number of benzene rings is 3. The van der Waals surface area contributed by atoms with Crippen LogP contribution < -0.4 is 46.1 Å². The van der Waals surface area contributed by atoms with E-state index < -0.39 is 207 Å². The van der Waals surface area contributed by atoms with Gasteiger partial charge in [-0.3, -0.25) is 71.9 Å². The van der Waals surface area contributed by atoms with Crippen molar-refractivity contribution in [3.8, 4) is 28.4 Å². The Morgan fingerprint density at radius 1 is 0.314 bits per heavy atom. The lowest BCUT2D eigenvalue weighted by molar-refractivity contribution is -0.300. The zero-order valence-electron chi connectivity index (χ0n) is 69.2. The van der Waals surface area contributed by atoms with Crippen molar-refractivity contribution in [3.63, 3.8) is 0 Å². The molecule has 0 aliphatic carbocycles. The first-order chi connectivity index (χ1) is 57.5. The molecule has 6 N–H and O–H groups in total. The van der Waals surface area contributed by atoms with Gasteiger partial charge in [0.1, 0.15) is 23.9 Å². The van der Waals surface area contributed by atoms with Gasteiger partial charge < -0.3 is 122 Å². The summed E-state index contributed by atoms with van der Waals surface area (Å²) in [5, 5.41) is 15.9. The number of nitrogens with one attached hydrogen (secondary N) is 6. The monoisotopic (exact) mass is 1710 g/mol. The van der Waals surface area contributed by atoms with Crippen LogP contribution in [0.4, 0.5) is 0 Å². The quantitative estimate of drug-likeness (QED) is 0.0265.